The largest absolute Gasteiger partial charge is 0.367 e. The number of rotatable bonds is 2. The van der Waals surface area contributed by atoms with E-state index in [1.165, 1.54) is 31.4 Å². The Kier molecular flexibility index (Phi) is 4.79. The molecule has 3 fully saturated rings. The van der Waals surface area contributed by atoms with Crippen LogP contribution in [0.4, 0.5) is 4.79 Å². The number of amides is 2. The average molecular weight is 350 g/mol. The van der Waals surface area contributed by atoms with E-state index in [9.17, 15) is 4.79 Å². The number of carbonyl (C=O) groups excluding carboxylic acids is 1. The summed E-state index contributed by atoms with van der Waals surface area (Å²) in [4.78, 5) is 17.3. The predicted molar refractivity (Wildman–Crippen MR) is 95.3 cm³/mol. The van der Waals surface area contributed by atoms with Crippen molar-refractivity contribution in [2.45, 2.75) is 56.9 Å². The van der Waals surface area contributed by atoms with Crippen molar-refractivity contribution >= 4 is 17.4 Å². The molecule has 1 aromatic rings. The lowest BCUT2D eigenvalue weighted by Crippen LogP contribution is -2.54. The van der Waals surface area contributed by atoms with E-state index in [0.29, 0.717) is 25.2 Å². The monoisotopic (exact) mass is 349 g/mol. The van der Waals surface area contributed by atoms with Gasteiger partial charge >= 0.3 is 6.03 Å². The lowest BCUT2D eigenvalue weighted by atomic mass is 9.99. The van der Waals surface area contributed by atoms with Crippen LogP contribution in [0.2, 0.25) is 0 Å². The molecule has 4 heterocycles. The summed E-state index contributed by atoms with van der Waals surface area (Å²) < 4.78 is 6.04. The summed E-state index contributed by atoms with van der Waals surface area (Å²) >= 11 is 1.68. The van der Waals surface area contributed by atoms with Gasteiger partial charge in [-0.05, 0) is 55.1 Å². The first-order chi connectivity index (χ1) is 11.7. The standard InChI is InChI=1S/C18H27N3O2S/c1-13-10-21(11-17(23-13)14-6-9-24-12-14)18(22)19-15-5-8-20-7-3-2-4-16(15)20/h6,9,12-13,15-17H,2-5,7-8,10-11H2,1H3,(H,19,22)/t13-,15-,16+,17-/m1/s1. The molecule has 3 aliphatic heterocycles. The van der Waals surface area contributed by atoms with Gasteiger partial charge in [0.1, 0.15) is 6.10 Å². The van der Waals surface area contributed by atoms with Crippen LogP contribution in [-0.4, -0.2) is 60.2 Å². The van der Waals surface area contributed by atoms with Gasteiger partial charge in [-0.25, -0.2) is 4.79 Å². The number of morpholine rings is 1. The van der Waals surface area contributed by atoms with Crippen molar-refractivity contribution in [2.24, 2.45) is 0 Å². The molecule has 0 aromatic carbocycles. The van der Waals surface area contributed by atoms with E-state index in [0.717, 1.165) is 13.0 Å². The molecule has 0 radical (unpaired) electrons. The molecule has 24 heavy (non-hydrogen) atoms. The zero-order chi connectivity index (χ0) is 16.5. The summed E-state index contributed by atoms with van der Waals surface area (Å²) in [6.07, 6.45) is 4.99. The van der Waals surface area contributed by atoms with Crippen LogP contribution >= 0.6 is 11.3 Å². The minimum absolute atomic E-state index is 0.000470. The Morgan fingerprint density at radius 2 is 2.21 bits per heavy atom. The number of thiophene rings is 1. The third-order valence-corrected chi connectivity index (χ3v) is 6.33. The Hall–Kier alpha value is -1.11. The number of piperidine rings is 1. The number of hydrogen-bond acceptors (Lipinski definition) is 4. The van der Waals surface area contributed by atoms with Gasteiger partial charge in [0, 0.05) is 25.2 Å². The number of carbonyl (C=O) groups is 1. The average Bonchev–Trinajstić information content (AvgIpc) is 3.25. The van der Waals surface area contributed by atoms with Crippen LogP contribution in [0.15, 0.2) is 16.8 Å². The fourth-order valence-corrected chi connectivity index (χ4v) is 5.13. The zero-order valence-electron chi connectivity index (χ0n) is 14.3. The van der Waals surface area contributed by atoms with E-state index in [-0.39, 0.29) is 18.2 Å². The first-order valence-corrected chi connectivity index (χ1v) is 10.1. The summed E-state index contributed by atoms with van der Waals surface area (Å²) in [5.41, 5.74) is 1.18. The summed E-state index contributed by atoms with van der Waals surface area (Å²) in [6, 6.07) is 3.05. The van der Waals surface area contributed by atoms with Crippen LogP contribution in [0.25, 0.3) is 0 Å². The Balaban J connectivity index is 1.38. The molecule has 0 unspecified atom stereocenters. The Bertz CT molecular complexity index is 565. The Labute approximate surface area is 148 Å². The van der Waals surface area contributed by atoms with Crippen molar-refractivity contribution in [3.05, 3.63) is 22.4 Å². The van der Waals surface area contributed by atoms with Gasteiger partial charge < -0.3 is 15.0 Å². The minimum atomic E-state index is 0.000470. The van der Waals surface area contributed by atoms with Crippen LogP contribution in [0, 0.1) is 0 Å². The Morgan fingerprint density at radius 3 is 3.04 bits per heavy atom. The van der Waals surface area contributed by atoms with Crippen molar-refractivity contribution < 1.29 is 9.53 Å². The number of hydrogen-bond donors (Lipinski definition) is 1. The van der Waals surface area contributed by atoms with Gasteiger partial charge in [0.2, 0.25) is 0 Å². The molecule has 2 amide bonds. The van der Waals surface area contributed by atoms with E-state index < -0.39 is 0 Å². The summed E-state index contributed by atoms with van der Waals surface area (Å²) in [5, 5.41) is 7.52. The molecule has 0 aliphatic carbocycles. The van der Waals surface area contributed by atoms with Gasteiger partial charge in [-0.1, -0.05) is 6.42 Å². The quantitative estimate of drug-likeness (QED) is 0.893. The third kappa shape index (κ3) is 3.32. The number of urea groups is 1. The molecule has 3 aliphatic rings. The third-order valence-electron chi connectivity index (χ3n) is 5.63. The minimum Gasteiger partial charge on any atom is -0.367 e. The maximum atomic E-state index is 12.8. The van der Waals surface area contributed by atoms with Gasteiger partial charge in [-0.3, -0.25) is 4.90 Å². The van der Waals surface area contributed by atoms with E-state index in [4.69, 9.17) is 4.74 Å². The second-order valence-electron chi connectivity index (χ2n) is 7.34. The first kappa shape index (κ1) is 16.4. The topological polar surface area (TPSA) is 44.8 Å². The van der Waals surface area contributed by atoms with E-state index in [1.54, 1.807) is 11.3 Å². The highest BCUT2D eigenvalue weighted by Gasteiger charge is 2.38. The van der Waals surface area contributed by atoms with Crippen molar-refractivity contribution in [2.75, 3.05) is 26.2 Å². The normalized spacial score (nSPS) is 34.1. The Morgan fingerprint density at radius 1 is 1.29 bits per heavy atom. The highest BCUT2D eigenvalue weighted by atomic mass is 32.1. The highest BCUT2D eigenvalue weighted by molar-refractivity contribution is 7.07. The van der Waals surface area contributed by atoms with E-state index in [1.807, 2.05) is 4.90 Å². The molecule has 5 nitrogen and oxygen atoms in total. The molecule has 6 heteroatoms. The van der Waals surface area contributed by atoms with Gasteiger partial charge in [-0.2, -0.15) is 11.3 Å². The molecule has 1 aromatic heterocycles. The maximum absolute atomic E-state index is 12.8. The number of ether oxygens (including phenoxy) is 1. The molecule has 132 valence electrons. The fourth-order valence-electron chi connectivity index (χ4n) is 4.43. The van der Waals surface area contributed by atoms with Crippen molar-refractivity contribution in [3.63, 3.8) is 0 Å². The SMILES string of the molecule is C[C@@H]1CN(C(=O)N[C@@H]2CCN3CCCC[C@@H]23)C[C@H](c2ccsc2)O1. The van der Waals surface area contributed by atoms with Crippen LogP contribution < -0.4 is 5.32 Å². The second-order valence-corrected chi connectivity index (χ2v) is 8.12. The fraction of sp³-hybridized carbons (Fsp3) is 0.722. The highest BCUT2D eigenvalue weighted by Crippen LogP contribution is 2.29. The van der Waals surface area contributed by atoms with Crippen molar-refractivity contribution in [1.82, 2.24) is 15.1 Å². The predicted octanol–water partition coefficient (Wildman–Crippen LogP) is 2.85. The van der Waals surface area contributed by atoms with E-state index in [2.05, 4.69) is 34.0 Å². The maximum Gasteiger partial charge on any atom is 0.317 e. The van der Waals surface area contributed by atoms with Crippen LogP contribution in [0.3, 0.4) is 0 Å². The smallest absolute Gasteiger partial charge is 0.317 e. The molecule has 3 saturated heterocycles. The lowest BCUT2D eigenvalue weighted by Gasteiger charge is -2.38. The van der Waals surface area contributed by atoms with Gasteiger partial charge in [0.25, 0.3) is 0 Å². The molecule has 1 N–H and O–H groups in total. The number of nitrogens with one attached hydrogen (secondary N) is 1. The van der Waals surface area contributed by atoms with Gasteiger partial charge in [0.05, 0.1) is 12.6 Å². The van der Waals surface area contributed by atoms with Crippen molar-refractivity contribution in [1.29, 1.82) is 0 Å². The van der Waals surface area contributed by atoms with E-state index >= 15 is 0 Å². The summed E-state index contributed by atoms with van der Waals surface area (Å²) in [7, 11) is 0. The van der Waals surface area contributed by atoms with Gasteiger partial charge in [0.15, 0.2) is 0 Å². The molecular formula is C18H27N3O2S. The zero-order valence-corrected chi connectivity index (χ0v) is 15.1. The second kappa shape index (κ2) is 7.02. The molecule has 0 saturated carbocycles. The lowest BCUT2D eigenvalue weighted by molar-refractivity contribution is -0.0658. The molecule has 4 atom stereocenters. The molecule has 0 bridgehead atoms. The van der Waals surface area contributed by atoms with Crippen LogP contribution in [0.1, 0.15) is 44.3 Å². The van der Waals surface area contributed by atoms with Crippen LogP contribution in [0.5, 0.6) is 0 Å². The van der Waals surface area contributed by atoms with Gasteiger partial charge in [-0.15, -0.1) is 0 Å². The summed E-state index contributed by atoms with van der Waals surface area (Å²) in [6.45, 7) is 5.71. The molecule has 4 rings (SSSR count). The summed E-state index contributed by atoms with van der Waals surface area (Å²) in [5.74, 6) is 0. The van der Waals surface area contributed by atoms with Crippen molar-refractivity contribution in [3.8, 4) is 0 Å². The number of nitrogens with zero attached hydrogens (tertiary/aromatic N) is 2. The molecular weight excluding hydrogens is 322 g/mol. The van der Waals surface area contributed by atoms with Crippen LogP contribution in [-0.2, 0) is 4.74 Å². The number of fused-ring (bicyclic) bond motifs is 1. The molecule has 0 spiro atoms. The first-order valence-electron chi connectivity index (χ1n) is 9.18.